The summed E-state index contributed by atoms with van der Waals surface area (Å²) in [5.41, 5.74) is 5.51. The number of hydrogen-bond acceptors (Lipinski definition) is 3. The lowest BCUT2D eigenvalue weighted by Gasteiger charge is -2.29. The molecule has 1 aromatic rings. The van der Waals surface area contributed by atoms with E-state index in [-0.39, 0.29) is 11.3 Å². The maximum Gasteiger partial charge on any atom is 0.251 e. The van der Waals surface area contributed by atoms with Crippen LogP contribution in [0.15, 0.2) is 12.1 Å². The minimum absolute atomic E-state index is 0.143. The Labute approximate surface area is 106 Å². The third kappa shape index (κ3) is 2.98. The Balaban J connectivity index is 2.99. The number of aliphatic hydroxyl groups excluding tert-OH is 1. The van der Waals surface area contributed by atoms with Crippen molar-refractivity contribution in [3.63, 3.8) is 0 Å². The zero-order valence-electron chi connectivity index (χ0n) is 11.0. The fraction of sp³-hybridized carbons (Fsp3) is 0.462. The van der Waals surface area contributed by atoms with E-state index in [1.54, 1.807) is 27.7 Å². The second-order valence-electron chi connectivity index (χ2n) is 5.02. The van der Waals surface area contributed by atoms with Crippen LogP contribution in [-0.4, -0.2) is 22.7 Å². The topological polar surface area (TPSA) is 75.4 Å². The predicted octanol–water partition coefficient (Wildman–Crippen LogP) is 1.61. The molecular weight excluding hydrogens is 235 g/mol. The Hall–Kier alpha value is -1.62. The summed E-state index contributed by atoms with van der Waals surface area (Å²) in [6.07, 6.45) is -0.728. The molecule has 4 nitrogen and oxygen atoms in total. The quantitative estimate of drug-likeness (QED) is 0.717. The standard InChI is InChI=1S/C13H19FN2O2/c1-7-10(14)5-9(6-11(7)15)12(18)16-13(3,4)8(2)17/h5-6,8,17H,15H2,1-4H3,(H,16,18). The number of aliphatic hydroxyl groups is 1. The number of carbonyl (C=O) groups is 1. The number of anilines is 1. The van der Waals surface area contributed by atoms with Crippen molar-refractivity contribution < 1.29 is 14.3 Å². The number of amides is 1. The molecule has 5 heteroatoms. The van der Waals surface area contributed by atoms with Crippen LogP contribution in [0.5, 0.6) is 0 Å². The maximum atomic E-state index is 13.5. The van der Waals surface area contributed by atoms with Crippen molar-refractivity contribution in [2.75, 3.05) is 5.73 Å². The molecule has 0 aliphatic carbocycles. The van der Waals surface area contributed by atoms with Gasteiger partial charge in [0.25, 0.3) is 5.91 Å². The van der Waals surface area contributed by atoms with Crippen LogP contribution in [-0.2, 0) is 0 Å². The van der Waals surface area contributed by atoms with Crippen LogP contribution < -0.4 is 11.1 Å². The Bertz CT molecular complexity index is 447. The molecule has 1 aromatic carbocycles. The molecule has 0 heterocycles. The molecule has 1 unspecified atom stereocenters. The van der Waals surface area contributed by atoms with Crippen molar-refractivity contribution >= 4 is 11.6 Å². The predicted molar refractivity (Wildman–Crippen MR) is 68.8 cm³/mol. The van der Waals surface area contributed by atoms with Gasteiger partial charge in [-0.05, 0) is 39.8 Å². The molecule has 0 fully saturated rings. The summed E-state index contributed by atoms with van der Waals surface area (Å²) in [5.74, 6) is -0.985. The summed E-state index contributed by atoms with van der Waals surface area (Å²) >= 11 is 0. The highest BCUT2D eigenvalue weighted by Crippen LogP contribution is 2.18. The molecule has 0 aliphatic heterocycles. The molecule has 0 aromatic heterocycles. The molecule has 1 atom stereocenters. The first-order chi connectivity index (χ1) is 8.15. The average molecular weight is 254 g/mol. The second kappa shape index (κ2) is 4.94. The van der Waals surface area contributed by atoms with Crippen LogP contribution in [0.2, 0.25) is 0 Å². The number of rotatable bonds is 3. The lowest BCUT2D eigenvalue weighted by molar-refractivity contribution is 0.0709. The third-order valence-electron chi connectivity index (χ3n) is 3.13. The van der Waals surface area contributed by atoms with Crippen molar-refractivity contribution in [1.29, 1.82) is 0 Å². The monoisotopic (exact) mass is 254 g/mol. The summed E-state index contributed by atoms with van der Waals surface area (Å²) in [6.45, 7) is 6.49. The van der Waals surface area contributed by atoms with E-state index >= 15 is 0 Å². The lowest BCUT2D eigenvalue weighted by atomic mass is 9.98. The minimum atomic E-state index is -0.798. The first kappa shape index (κ1) is 14.4. The van der Waals surface area contributed by atoms with Gasteiger partial charge in [0.05, 0.1) is 11.6 Å². The summed E-state index contributed by atoms with van der Waals surface area (Å²) in [4.78, 5) is 11.9. The highest BCUT2D eigenvalue weighted by atomic mass is 19.1. The van der Waals surface area contributed by atoms with Gasteiger partial charge in [-0.25, -0.2) is 4.39 Å². The highest BCUT2D eigenvalue weighted by Gasteiger charge is 2.26. The Morgan fingerprint density at radius 2 is 2.06 bits per heavy atom. The van der Waals surface area contributed by atoms with Gasteiger partial charge < -0.3 is 16.2 Å². The van der Waals surface area contributed by atoms with Gasteiger partial charge in [-0.2, -0.15) is 0 Å². The zero-order chi connectivity index (χ0) is 14.1. The first-order valence-corrected chi connectivity index (χ1v) is 5.71. The molecule has 0 saturated carbocycles. The van der Waals surface area contributed by atoms with Gasteiger partial charge in [-0.3, -0.25) is 4.79 Å². The van der Waals surface area contributed by atoms with E-state index in [9.17, 15) is 14.3 Å². The fourth-order valence-corrected chi connectivity index (χ4v) is 1.30. The van der Waals surface area contributed by atoms with E-state index in [0.29, 0.717) is 5.56 Å². The molecule has 0 saturated heterocycles. The van der Waals surface area contributed by atoms with Crippen molar-refractivity contribution in [2.45, 2.75) is 39.3 Å². The summed E-state index contributed by atoms with van der Waals surface area (Å²) in [7, 11) is 0. The Morgan fingerprint density at radius 3 is 2.50 bits per heavy atom. The average Bonchev–Trinajstić information content (AvgIpc) is 2.24. The molecule has 100 valence electrons. The van der Waals surface area contributed by atoms with E-state index in [0.717, 1.165) is 6.07 Å². The van der Waals surface area contributed by atoms with Crippen LogP contribution >= 0.6 is 0 Å². The number of nitrogens with two attached hydrogens (primary N) is 1. The normalized spacial score (nSPS) is 13.2. The maximum absolute atomic E-state index is 13.5. The summed E-state index contributed by atoms with van der Waals surface area (Å²) < 4.78 is 13.5. The van der Waals surface area contributed by atoms with Crippen LogP contribution in [0.25, 0.3) is 0 Å². The molecule has 0 spiro atoms. The van der Waals surface area contributed by atoms with E-state index < -0.39 is 23.4 Å². The number of nitrogens with one attached hydrogen (secondary N) is 1. The van der Waals surface area contributed by atoms with Gasteiger partial charge >= 0.3 is 0 Å². The van der Waals surface area contributed by atoms with Crippen molar-refractivity contribution in [3.8, 4) is 0 Å². The molecule has 4 N–H and O–H groups in total. The van der Waals surface area contributed by atoms with E-state index in [1.165, 1.54) is 6.07 Å². The molecule has 0 bridgehead atoms. The molecule has 0 radical (unpaired) electrons. The number of halogens is 1. The largest absolute Gasteiger partial charge is 0.398 e. The fourth-order valence-electron chi connectivity index (χ4n) is 1.30. The number of nitrogen functional groups attached to an aromatic ring is 1. The van der Waals surface area contributed by atoms with Gasteiger partial charge in [0.2, 0.25) is 0 Å². The van der Waals surface area contributed by atoms with Gasteiger partial charge in [-0.15, -0.1) is 0 Å². The van der Waals surface area contributed by atoms with E-state index in [2.05, 4.69) is 5.32 Å². The van der Waals surface area contributed by atoms with Crippen molar-refractivity contribution in [1.82, 2.24) is 5.32 Å². The SMILES string of the molecule is Cc1c(N)cc(C(=O)NC(C)(C)C(C)O)cc1F. The van der Waals surface area contributed by atoms with Crippen LogP contribution in [0.4, 0.5) is 10.1 Å². The minimum Gasteiger partial charge on any atom is -0.398 e. The van der Waals surface area contributed by atoms with Gasteiger partial charge in [0.1, 0.15) is 5.82 Å². The second-order valence-corrected chi connectivity index (χ2v) is 5.02. The number of carbonyl (C=O) groups excluding carboxylic acids is 1. The number of benzene rings is 1. The lowest BCUT2D eigenvalue weighted by Crippen LogP contribution is -2.51. The van der Waals surface area contributed by atoms with Crippen molar-refractivity contribution in [2.24, 2.45) is 0 Å². The van der Waals surface area contributed by atoms with Crippen LogP contribution in [0.3, 0.4) is 0 Å². The van der Waals surface area contributed by atoms with Crippen molar-refractivity contribution in [3.05, 3.63) is 29.1 Å². The Kier molecular flexibility index (Phi) is 3.96. The van der Waals surface area contributed by atoms with E-state index in [1.807, 2.05) is 0 Å². The number of hydrogen-bond donors (Lipinski definition) is 3. The molecule has 18 heavy (non-hydrogen) atoms. The van der Waals surface area contributed by atoms with Crippen LogP contribution in [0.1, 0.15) is 36.7 Å². The summed E-state index contributed by atoms with van der Waals surface area (Å²) in [6, 6.07) is 2.56. The molecular formula is C13H19FN2O2. The smallest absolute Gasteiger partial charge is 0.251 e. The summed E-state index contributed by atoms with van der Waals surface area (Å²) in [5, 5.41) is 12.2. The van der Waals surface area contributed by atoms with Crippen LogP contribution in [0, 0.1) is 12.7 Å². The molecule has 1 amide bonds. The van der Waals surface area contributed by atoms with E-state index in [4.69, 9.17) is 5.73 Å². The third-order valence-corrected chi connectivity index (χ3v) is 3.13. The first-order valence-electron chi connectivity index (χ1n) is 5.71. The zero-order valence-corrected chi connectivity index (χ0v) is 11.0. The highest BCUT2D eigenvalue weighted by molar-refractivity contribution is 5.95. The van der Waals surface area contributed by atoms with Gasteiger partial charge in [-0.1, -0.05) is 0 Å². The molecule has 1 rings (SSSR count). The Morgan fingerprint density at radius 1 is 1.50 bits per heavy atom. The van der Waals surface area contributed by atoms with Gasteiger partial charge in [0.15, 0.2) is 0 Å². The van der Waals surface area contributed by atoms with Gasteiger partial charge in [0, 0.05) is 16.8 Å². The molecule has 0 aliphatic rings.